The van der Waals surface area contributed by atoms with Crippen LogP contribution in [0.1, 0.15) is 37.0 Å². The third kappa shape index (κ3) is 9.42. The Balaban J connectivity index is 1.61. The molecule has 0 aliphatic rings. The molecule has 11 nitrogen and oxygen atoms in total. The lowest BCUT2D eigenvalue weighted by Gasteiger charge is -2.26. The number of hydrogen-bond donors (Lipinski definition) is 7. The Bertz CT molecular complexity index is 1640. The fourth-order valence-corrected chi connectivity index (χ4v) is 5.29. The molecule has 242 valence electrons. The maximum Gasteiger partial charge on any atom is 0.326 e. The molecule has 4 atom stereocenters. The number of nitrogens with one attached hydrogen (secondary N) is 4. The quantitative estimate of drug-likeness (QED) is 0.106. The summed E-state index contributed by atoms with van der Waals surface area (Å²) < 4.78 is 0. The lowest BCUT2D eigenvalue weighted by Crippen LogP contribution is -2.58. The smallest absolute Gasteiger partial charge is 0.326 e. The number of phenolic OH excluding ortho intramolecular Hbond substituents is 1. The van der Waals surface area contributed by atoms with Crippen LogP contribution in [0.3, 0.4) is 0 Å². The predicted molar refractivity (Wildman–Crippen MR) is 175 cm³/mol. The van der Waals surface area contributed by atoms with Gasteiger partial charge >= 0.3 is 5.97 Å². The van der Waals surface area contributed by atoms with Crippen molar-refractivity contribution in [3.8, 4) is 5.75 Å². The van der Waals surface area contributed by atoms with Crippen LogP contribution >= 0.6 is 0 Å². The van der Waals surface area contributed by atoms with Gasteiger partial charge in [-0.1, -0.05) is 74.5 Å². The van der Waals surface area contributed by atoms with Crippen molar-refractivity contribution in [2.24, 2.45) is 11.7 Å². The van der Waals surface area contributed by atoms with E-state index in [0.717, 1.165) is 22.0 Å². The number of carbonyl (C=O) groups is 4. The minimum absolute atomic E-state index is 0.0446. The van der Waals surface area contributed by atoms with E-state index in [4.69, 9.17) is 5.73 Å². The fourth-order valence-electron chi connectivity index (χ4n) is 5.29. The summed E-state index contributed by atoms with van der Waals surface area (Å²) in [6, 6.07) is 18.2. The highest BCUT2D eigenvalue weighted by atomic mass is 16.4. The van der Waals surface area contributed by atoms with E-state index in [1.807, 2.05) is 44.2 Å². The number of aromatic amines is 1. The van der Waals surface area contributed by atoms with E-state index in [1.165, 1.54) is 12.1 Å². The molecule has 3 aromatic carbocycles. The van der Waals surface area contributed by atoms with Crippen molar-refractivity contribution < 1.29 is 29.4 Å². The van der Waals surface area contributed by atoms with Crippen molar-refractivity contribution in [2.75, 3.05) is 0 Å². The monoisotopic (exact) mass is 627 g/mol. The van der Waals surface area contributed by atoms with E-state index in [0.29, 0.717) is 12.0 Å². The van der Waals surface area contributed by atoms with E-state index in [2.05, 4.69) is 20.9 Å². The predicted octanol–water partition coefficient (Wildman–Crippen LogP) is 2.81. The number of phenols is 1. The number of aromatic hydroxyl groups is 1. The van der Waals surface area contributed by atoms with Gasteiger partial charge in [-0.25, -0.2) is 4.79 Å². The molecule has 11 heteroatoms. The Kier molecular flexibility index (Phi) is 11.5. The highest BCUT2D eigenvalue weighted by Crippen LogP contribution is 2.20. The number of carboxylic acids is 1. The minimum Gasteiger partial charge on any atom is -0.508 e. The Morgan fingerprint density at radius 1 is 0.717 bits per heavy atom. The molecule has 4 unspecified atom stereocenters. The van der Waals surface area contributed by atoms with Gasteiger partial charge in [0.2, 0.25) is 17.7 Å². The van der Waals surface area contributed by atoms with Gasteiger partial charge < -0.3 is 36.9 Å². The number of carbonyl (C=O) groups excluding carboxylic acids is 3. The van der Waals surface area contributed by atoms with E-state index >= 15 is 0 Å². The average molecular weight is 628 g/mol. The summed E-state index contributed by atoms with van der Waals surface area (Å²) >= 11 is 0. The van der Waals surface area contributed by atoms with Gasteiger partial charge in [0.05, 0.1) is 6.04 Å². The molecule has 0 saturated carbocycles. The Morgan fingerprint density at radius 3 is 1.91 bits per heavy atom. The summed E-state index contributed by atoms with van der Waals surface area (Å²) in [7, 11) is 0. The van der Waals surface area contributed by atoms with Gasteiger partial charge in [0, 0.05) is 36.4 Å². The van der Waals surface area contributed by atoms with Crippen LogP contribution in [0.15, 0.2) is 85.1 Å². The number of benzene rings is 3. The van der Waals surface area contributed by atoms with Gasteiger partial charge in [-0.2, -0.15) is 0 Å². The molecule has 4 rings (SSSR count). The highest BCUT2D eigenvalue weighted by Gasteiger charge is 2.31. The Morgan fingerprint density at radius 2 is 1.26 bits per heavy atom. The van der Waals surface area contributed by atoms with Gasteiger partial charge in [0.15, 0.2) is 0 Å². The molecule has 4 aromatic rings. The van der Waals surface area contributed by atoms with E-state index in [-0.39, 0.29) is 30.9 Å². The first-order chi connectivity index (χ1) is 22.0. The summed E-state index contributed by atoms with van der Waals surface area (Å²) in [5.74, 6) is -2.87. The van der Waals surface area contributed by atoms with Gasteiger partial charge in [0.1, 0.15) is 23.9 Å². The van der Waals surface area contributed by atoms with Crippen molar-refractivity contribution in [3.05, 3.63) is 102 Å². The molecule has 0 saturated heterocycles. The third-order valence-corrected chi connectivity index (χ3v) is 7.70. The minimum atomic E-state index is -1.25. The molecule has 0 bridgehead atoms. The molecule has 0 fully saturated rings. The summed E-state index contributed by atoms with van der Waals surface area (Å²) in [5, 5.41) is 28.7. The molecule has 8 N–H and O–H groups in total. The summed E-state index contributed by atoms with van der Waals surface area (Å²) in [5.41, 5.74) is 9.08. The van der Waals surface area contributed by atoms with Crippen molar-refractivity contribution in [2.45, 2.75) is 63.7 Å². The van der Waals surface area contributed by atoms with E-state index in [9.17, 15) is 29.4 Å². The molecule has 0 radical (unpaired) electrons. The van der Waals surface area contributed by atoms with Gasteiger partial charge in [0.25, 0.3) is 0 Å². The van der Waals surface area contributed by atoms with Crippen molar-refractivity contribution in [1.82, 2.24) is 20.9 Å². The maximum absolute atomic E-state index is 13.9. The standard InChI is InChI=1S/C35H41N5O6/c1-21(2)16-27(36)32(42)38-29(17-23-12-14-25(41)15-13-23)33(43)39-30(19-24-20-37-28-11-7-6-10-26(24)28)34(44)40-31(35(45)46)18-22-8-4-3-5-9-22/h3-15,20-21,27,29-31,37,41H,16-19,36H2,1-2H3,(H,38,42)(H,39,43)(H,40,44)(H,45,46). The van der Waals surface area contributed by atoms with Gasteiger partial charge in [-0.15, -0.1) is 0 Å². The first-order valence-corrected chi connectivity index (χ1v) is 15.3. The molecule has 3 amide bonds. The number of nitrogens with two attached hydrogens (primary N) is 1. The van der Waals surface area contributed by atoms with Crippen molar-refractivity contribution >= 4 is 34.6 Å². The number of aromatic nitrogens is 1. The Hall–Kier alpha value is -5.16. The Labute approximate surface area is 267 Å². The SMILES string of the molecule is CC(C)CC(N)C(=O)NC(Cc1ccc(O)cc1)C(=O)NC(Cc1c[nH]c2ccccc12)C(=O)NC(Cc1ccccc1)C(=O)O. The zero-order valence-electron chi connectivity index (χ0n) is 25.9. The largest absolute Gasteiger partial charge is 0.508 e. The second kappa shape index (κ2) is 15.7. The van der Waals surface area contributed by atoms with Gasteiger partial charge in [-0.05, 0) is 47.2 Å². The zero-order chi connectivity index (χ0) is 33.2. The van der Waals surface area contributed by atoms with Crippen molar-refractivity contribution in [3.63, 3.8) is 0 Å². The molecule has 46 heavy (non-hydrogen) atoms. The van der Waals surface area contributed by atoms with E-state index < -0.39 is 47.9 Å². The fraction of sp³-hybridized carbons (Fsp3) is 0.314. The molecule has 1 heterocycles. The normalized spacial score (nSPS) is 13.8. The lowest BCUT2D eigenvalue weighted by molar-refractivity contribution is -0.142. The van der Waals surface area contributed by atoms with E-state index in [1.54, 1.807) is 42.6 Å². The maximum atomic E-state index is 13.9. The number of rotatable bonds is 15. The second-order valence-electron chi connectivity index (χ2n) is 11.9. The second-order valence-corrected chi connectivity index (χ2v) is 11.9. The summed E-state index contributed by atoms with van der Waals surface area (Å²) in [4.78, 5) is 56.1. The first-order valence-electron chi connectivity index (χ1n) is 15.3. The van der Waals surface area contributed by atoms with Crippen LogP contribution in [-0.2, 0) is 38.4 Å². The van der Waals surface area contributed by atoms with Crippen LogP contribution in [0.2, 0.25) is 0 Å². The number of H-pyrrole nitrogens is 1. The third-order valence-electron chi connectivity index (χ3n) is 7.70. The zero-order valence-corrected chi connectivity index (χ0v) is 25.9. The number of fused-ring (bicyclic) bond motifs is 1. The lowest BCUT2D eigenvalue weighted by atomic mass is 10.00. The van der Waals surface area contributed by atoms with Crippen molar-refractivity contribution in [1.29, 1.82) is 0 Å². The average Bonchev–Trinajstić information content (AvgIpc) is 3.43. The molecule has 1 aromatic heterocycles. The van der Waals surface area contributed by atoms with Crippen LogP contribution in [-0.4, -0.2) is 63.1 Å². The summed E-state index contributed by atoms with van der Waals surface area (Å²) in [6.07, 6.45) is 2.30. The number of aliphatic carboxylic acids is 1. The van der Waals surface area contributed by atoms with Crippen LogP contribution in [0, 0.1) is 5.92 Å². The topological polar surface area (TPSA) is 187 Å². The van der Waals surface area contributed by atoms with Crippen LogP contribution in [0.5, 0.6) is 5.75 Å². The van der Waals surface area contributed by atoms with Gasteiger partial charge in [-0.3, -0.25) is 14.4 Å². The molecule has 0 aliphatic carbocycles. The van der Waals surface area contributed by atoms with Crippen LogP contribution in [0.25, 0.3) is 10.9 Å². The number of carboxylic acid groups (broad SMARTS) is 1. The van der Waals surface area contributed by atoms with Crippen LogP contribution in [0.4, 0.5) is 0 Å². The number of para-hydroxylation sites is 1. The highest BCUT2D eigenvalue weighted by molar-refractivity contribution is 5.95. The first kappa shape index (κ1) is 33.7. The number of amides is 3. The molecular weight excluding hydrogens is 586 g/mol. The summed E-state index contributed by atoms with van der Waals surface area (Å²) in [6.45, 7) is 3.87. The molecular formula is C35H41N5O6. The van der Waals surface area contributed by atoms with Crippen LogP contribution < -0.4 is 21.7 Å². The molecule has 0 spiro atoms. The number of hydrogen-bond acceptors (Lipinski definition) is 6. The molecule has 0 aliphatic heterocycles.